The van der Waals surface area contributed by atoms with Crippen LogP contribution < -0.4 is 4.74 Å². The molecule has 1 aromatic heterocycles. The molecular formula is C18H20FN3O. The molecule has 3 aliphatic heterocycles. The van der Waals surface area contributed by atoms with Gasteiger partial charge in [0.25, 0.3) is 0 Å². The Morgan fingerprint density at radius 2 is 1.83 bits per heavy atom. The van der Waals surface area contributed by atoms with E-state index in [1.165, 1.54) is 32.0 Å². The summed E-state index contributed by atoms with van der Waals surface area (Å²) in [5.41, 5.74) is 1.17. The Morgan fingerprint density at radius 3 is 2.48 bits per heavy atom. The van der Waals surface area contributed by atoms with Gasteiger partial charge >= 0.3 is 6.01 Å². The fraction of sp³-hybridized carbons (Fsp3) is 0.444. The van der Waals surface area contributed by atoms with Crippen molar-refractivity contribution in [3.05, 3.63) is 42.5 Å². The van der Waals surface area contributed by atoms with Crippen molar-refractivity contribution in [1.82, 2.24) is 14.9 Å². The number of rotatable bonds is 3. The summed E-state index contributed by atoms with van der Waals surface area (Å²) in [6.07, 6.45) is 5.78. The number of ether oxygens (including phenoxy) is 1. The standard InChI is InChI=1S/C18H20FN3O/c1-12-17(13-6-8-22(12)9-7-13)23-18-20-10-14(11-21-18)15-4-2-3-5-16(15)19/h2-5,10-13,17H,6-9H2,1H3. The second-order valence-electron chi connectivity index (χ2n) is 6.43. The van der Waals surface area contributed by atoms with Crippen LogP contribution in [0, 0.1) is 11.7 Å². The van der Waals surface area contributed by atoms with Gasteiger partial charge in [-0.25, -0.2) is 14.4 Å². The fourth-order valence-corrected chi connectivity index (χ4v) is 3.78. The molecule has 2 unspecified atom stereocenters. The van der Waals surface area contributed by atoms with Crippen LogP contribution in [0.2, 0.25) is 0 Å². The zero-order chi connectivity index (χ0) is 15.8. The highest BCUT2D eigenvalue weighted by molar-refractivity contribution is 5.62. The van der Waals surface area contributed by atoms with Crippen LogP contribution in [0.4, 0.5) is 4.39 Å². The number of hydrogen-bond acceptors (Lipinski definition) is 4. The molecule has 5 heteroatoms. The van der Waals surface area contributed by atoms with Crippen LogP contribution in [-0.2, 0) is 0 Å². The summed E-state index contributed by atoms with van der Waals surface area (Å²) in [6, 6.07) is 7.43. The Bertz CT molecular complexity index is 681. The van der Waals surface area contributed by atoms with Gasteiger partial charge in [-0.3, -0.25) is 4.90 Å². The van der Waals surface area contributed by atoms with E-state index in [0.717, 1.165) is 0 Å². The molecule has 2 bridgehead atoms. The van der Waals surface area contributed by atoms with Crippen LogP contribution >= 0.6 is 0 Å². The molecule has 2 atom stereocenters. The van der Waals surface area contributed by atoms with Crippen LogP contribution in [0.25, 0.3) is 11.1 Å². The quantitative estimate of drug-likeness (QED) is 0.872. The van der Waals surface area contributed by atoms with Gasteiger partial charge < -0.3 is 4.74 Å². The molecule has 1 aromatic carbocycles. The van der Waals surface area contributed by atoms with E-state index in [1.807, 2.05) is 0 Å². The van der Waals surface area contributed by atoms with Gasteiger partial charge in [-0.2, -0.15) is 0 Å². The van der Waals surface area contributed by atoms with Crippen molar-refractivity contribution in [3.8, 4) is 17.1 Å². The van der Waals surface area contributed by atoms with Crippen molar-refractivity contribution in [3.63, 3.8) is 0 Å². The molecule has 5 rings (SSSR count). The summed E-state index contributed by atoms with van der Waals surface area (Å²) in [7, 11) is 0. The highest BCUT2D eigenvalue weighted by Gasteiger charge is 2.41. The third-order valence-corrected chi connectivity index (χ3v) is 5.14. The summed E-state index contributed by atoms with van der Waals surface area (Å²) in [6.45, 7) is 4.54. The van der Waals surface area contributed by atoms with Crippen molar-refractivity contribution in [1.29, 1.82) is 0 Å². The number of hydrogen-bond donors (Lipinski definition) is 0. The normalized spacial score (nSPS) is 29.5. The Labute approximate surface area is 135 Å². The SMILES string of the molecule is CC1C(Oc2ncc(-c3ccccc3F)cn2)C2CCN1CC2. The van der Waals surface area contributed by atoms with E-state index < -0.39 is 0 Å². The topological polar surface area (TPSA) is 38.3 Å². The molecule has 120 valence electrons. The van der Waals surface area contributed by atoms with Crippen LogP contribution in [-0.4, -0.2) is 40.1 Å². The molecule has 4 nitrogen and oxygen atoms in total. The van der Waals surface area contributed by atoms with Crippen LogP contribution in [0.5, 0.6) is 6.01 Å². The summed E-state index contributed by atoms with van der Waals surface area (Å²) in [5.74, 6) is 0.320. The zero-order valence-corrected chi connectivity index (χ0v) is 13.2. The Hall–Kier alpha value is -2.01. The fourth-order valence-electron chi connectivity index (χ4n) is 3.78. The number of nitrogens with zero attached hydrogens (tertiary/aromatic N) is 3. The summed E-state index contributed by atoms with van der Waals surface area (Å²) in [5, 5.41) is 0. The summed E-state index contributed by atoms with van der Waals surface area (Å²) in [4.78, 5) is 11.1. The predicted molar refractivity (Wildman–Crippen MR) is 85.6 cm³/mol. The molecule has 4 heterocycles. The maximum Gasteiger partial charge on any atom is 0.316 e. The minimum absolute atomic E-state index is 0.150. The number of benzene rings is 1. The number of fused-ring (bicyclic) bond motifs is 3. The lowest BCUT2D eigenvalue weighted by molar-refractivity contribution is -0.0544. The van der Waals surface area contributed by atoms with Gasteiger partial charge in [0.15, 0.2) is 0 Å². The Morgan fingerprint density at radius 1 is 1.13 bits per heavy atom. The first kappa shape index (κ1) is 14.6. The molecule has 0 spiro atoms. The Balaban J connectivity index is 1.52. The van der Waals surface area contributed by atoms with E-state index in [4.69, 9.17) is 4.74 Å². The molecule has 3 saturated heterocycles. The van der Waals surface area contributed by atoms with Gasteiger partial charge in [0.2, 0.25) is 0 Å². The van der Waals surface area contributed by atoms with Crippen molar-refractivity contribution in [2.24, 2.45) is 5.92 Å². The number of piperidine rings is 3. The lowest BCUT2D eigenvalue weighted by atomic mass is 9.81. The van der Waals surface area contributed by atoms with Gasteiger partial charge in [-0.05, 0) is 44.8 Å². The third-order valence-electron chi connectivity index (χ3n) is 5.14. The van der Waals surface area contributed by atoms with Crippen molar-refractivity contribution < 1.29 is 9.13 Å². The van der Waals surface area contributed by atoms with Crippen molar-refractivity contribution >= 4 is 0 Å². The van der Waals surface area contributed by atoms with E-state index >= 15 is 0 Å². The summed E-state index contributed by atoms with van der Waals surface area (Å²) >= 11 is 0. The first-order valence-electron chi connectivity index (χ1n) is 8.20. The molecule has 2 aromatic rings. The maximum atomic E-state index is 13.8. The highest BCUT2D eigenvalue weighted by Crippen LogP contribution is 2.34. The molecule has 0 radical (unpaired) electrons. The van der Waals surface area contributed by atoms with Gasteiger partial charge in [-0.15, -0.1) is 0 Å². The summed E-state index contributed by atoms with van der Waals surface area (Å²) < 4.78 is 19.9. The molecular weight excluding hydrogens is 293 g/mol. The monoisotopic (exact) mass is 313 g/mol. The molecule has 0 aliphatic carbocycles. The molecule has 0 saturated carbocycles. The number of aromatic nitrogens is 2. The third kappa shape index (κ3) is 2.70. The second kappa shape index (κ2) is 5.89. The van der Waals surface area contributed by atoms with E-state index in [-0.39, 0.29) is 11.9 Å². The zero-order valence-electron chi connectivity index (χ0n) is 13.2. The minimum atomic E-state index is -0.268. The molecule has 0 amide bonds. The van der Waals surface area contributed by atoms with Crippen molar-refractivity contribution in [2.45, 2.75) is 31.9 Å². The molecule has 3 aliphatic rings. The van der Waals surface area contributed by atoms with Crippen LogP contribution in [0.1, 0.15) is 19.8 Å². The van der Waals surface area contributed by atoms with E-state index in [0.29, 0.717) is 29.1 Å². The average Bonchev–Trinajstić information content (AvgIpc) is 2.60. The van der Waals surface area contributed by atoms with Gasteiger partial charge in [0, 0.05) is 29.6 Å². The van der Waals surface area contributed by atoms with Crippen LogP contribution in [0.15, 0.2) is 36.7 Å². The molecule has 0 N–H and O–H groups in total. The minimum Gasteiger partial charge on any atom is -0.458 e. The van der Waals surface area contributed by atoms with Crippen molar-refractivity contribution in [2.75, 3.05) is 13.1 Å². The second-order valence-corrected chi connectivity index (χ2v) is 6.43. The maximum absolute atomic E-state index is 13.8. The smallest absolute Gasteiger partial charge is 0.316 e. The predicted octanol–water partition coefficient (Wildman–Crippen LogP) is 3.14. The largest absolute Gasteiger partial charge is 0.458 e. The van der Waals surface area contributed by atoms with Gasteiger partial charge in [-0.1, -0.05) is 18.2 Å². The van der Waals surface area contributed by atoms with E-state index in [1.54, 1.807) is 30.6 Å². The first-order chi connectivity index (χ1) is 11.2. The lowest BCUT2D eigenvalue weighted by Crippen LogP contribution is -2.58. The first-order valence-corrected chi connectivity index (χ1v) is 8.20. The average molecular weight is 313 g/mol. The van der Waals surface area contributed by atoms with E-state index in [9.17, 15) is 4.39 Å². The Kier molecular flexibility index (Phi) is 3.73. The highest BCUT2D eigenvalue weighted by atomic mass is 19.1. The van der Waals surface area contributed by atoms with Crippen LogP contribution in [0.3, 0.4) is 0 Å². The molecule has 23 heavy (non-hydrogen) atoms. The van der Waals surface area contributed by atoms with Gasteiger partial charge in [0.05, 0.1) is 0 Å². The lowest BCUT2D eigenvalue weighted by Gasteiger charge is -2.48. The molecule has 3 fully saturated rings. The van der Waals surface area contributed by atoms with E-state index in [2.05, 4.69) is 21.8 Å². The van der Waals surface area contributed by atoms with Gasteiger partial charge in [0.1, 0.15) is 11.9 Å². The number of halogens is 1.